The van der Waals surface area contributed by atoms with E-state index in [0.717, 1.165) is 0 Å². The van der Waals surface area contributed by atoms with Crippen molar-refractivity contribution >= 4 is 41.3 Å². The molecule has 0 aliphatic rings. The molecule has 0 aliphatic carbocycles. The quantitative estimate of drug-likeness (QED) is 0.200. The molecule has 0 atom stereocenters. The Morgan fingerprint density at radius 2 is 1.76 bits per heavy atom. The van der Waals surface area contributed by atoms with Gasteiger partial charge in [-0.15, -0.1) is 0 Å². The van der Waals surface area contributed by atoms with Gasteiger partial charge in [0.2, 0.25) is 0 Å². The first-order chi connectivity index (χ1) is 15.9. The van der Waals surface area contributed by atoms with E-state index in [1.54, 1.807) is 48.5 Å². The molecular weight excluding hydrogens is 467 g/mol. The number of methoxy groups -OCH3 is 1. The minimum absolute atomic E-state index is 0.218. The molecule has 0 heterocycles. The highest BCUT2D eigenvalue weighted by molar-refractivity contribution is 6.36. The van der Waals surface area contributed by atoms with E-state index in [1.807, 2.05) is 6.92 Å². The zero-order chi connectivity index (χ0) is 23.8. The lowest BCUT2D eigenvalue weighted by atomic mass is 10.2. The number of esters is 1. The Morgan fingerprint density at radius 1 is 1.00 bits per heavy atom. The van der Waals surface area contributed by atoms with Crippen LogP contribution in [0, 0.1) is 0 Å². The Kier molecular flexibility index (Phi) is 8.29. The molecule has 0 bridgehead atoms. The van der Waals surface area contributed by atoms with Crippen LogP contribution < -0.4 is 19.6 Å². The molecule has 170 valence electrons. The molecule has 3 rings (SSSR count). The first-order valence-corrected chi connectivity index (χ1v) is 10.6. The number of rotatable bonds is 8. The highest BCUT2D eigenvalue weighted by Crippen LogP contribution is 2.28. The maximum absolute atomic E-state index is 12.5. The second-order valence-corrected chi connectivity index (χ2v) is 7.42. The molecule has 0 unspecified atom stereocenters. The van der Waals surface area contributed by atoms with Gasteiger partial charge in [-0.1, -0.05) is 23.2 Å². The smallest absolute Gasteiger partial charge is 0.343 e. The van der Waals surface area contributed by atoms with Crippen LogP contribution in [0.5, 0.6) is 17.2 Å². The summed E-state index contributed by atoms with van der Waals surface area (Å²) in [4.78, 5) is 24.7. The van der Waals surface area contributed by atoms with Crippen molar-refractivity contribution < 1.29 is 23.8 Å². The van der Waals surface area contributed by atoms with E-state index < -0.39 is 11.9 Å². The standard InChI is InChI=1S/C24H20Cl2N2O5/c1-3-32-18-8-5-16(6-9-18)24(30)33-21-11-4-15(12-22(21)31-2)14-27-28-23(29)19-10-7-17(25)13-20(19)26/h4-14H,3H2,1-2H3,(H,28,29)/b27-14+. The van der Waals surface area contributed by atoms with Crippen LogP contribution in [0.15, 0.2) is 65.8 Å². The van der Waals surface area contributed by atoms with Gasteiger partial charge in [0.25, 0.3) is 5.91 Å². The van der Waals surface area contributed by atoms with Gasteiger partial charge in [-0.2, -0.15) is 5.10 Å². The minimum Gasteiger partial charge on any atom is -0.494 e. The van der Waals surface area contributed by atoms with E-state index >= 15 is 0 Å². The zero-order valence-corrected chi connectivity index (χ0v) is 19.3. The van der Waals surface area contributed by atoms with Crippen molar-refractivity contribution in [2.45, 2.75) is 6.92 Å². The fourth-order valence-corrected chi connectivity index (χ4v) is 3.26. The number of carbonyl (C=O) groups excluding carboxylic acids is 2. The maximum atomic E-state index is 12.5. The average Bonchev–Trinajstić information content (AvgIpc) is 2.80. The summed E-state index contributed by atoms with van der Waals surface area (Å²) < 4.78 is 16.1. The van der Waals surface area contributed by atoms with E-state index in [-0.39, 0.29) is 16.3 Å². The highest BCUT2D eigenvalue weighted by atomic mass is 35.5. The molecule has 0 saturated carbocycles. The Balaban J connectivity index is 1.66. The summed E-state index contributed by atoms with van der Waals surface area (Å²) in [6.45, 7) is 2.42. The number of hydrogen-bond acceptors (Lipinski definition) is 6. The van der Waals surface area contributed by atoms with Gasteiger partial charge >= 0.3 is 5.97 Å². The molecule has 33 heavy (non-hydrogen) atoms. The molecule has 0 aliphatic heterocycles. The molecule has 3 aromatic carbocycles. The summed E-state index contributed by atoms with van der Waals surface area (Å²) in [6.07, 6.45) is 1.42. The number of hydrazone groups is 1. The lowest BCUT2D eigenvalue weighted by Crippen LogP contribution is -2.18. The average molecular weight is 487 g/mol. The monoisotopic (exact) mass is 486 g/mol. The largest absolute Gasteiger partial charge is 0.494 e. The van der Waals surface area contributed by atoms with Crippen LogP contribution in [-0.2, 0) is 0 Å². The number of hydrogen-bond donors (Lipinski definition) is 1. The molecular formula is C24H20Cl2N2O5. The predicted molar refractivity (Wildman–Crippen MR) is 127 cm³/mol. The molecule has 0 spiro atoms. The second kappa shape index (κ2) is 11.4. The SMILES string of the molecule is CCOc1ccc(C(=O)Oc2ccc(/C=N/NC(=O)c3ccc(Cl)cc3Cl)cc2OC)cc1. The van der Waals surface area contributed by atoms with Crippen LogP contribution in [-0.4, -0.2) is 31.8 Å². The minimum atomic E-state index is -0.537. The van der Waals surface area contributed by atoms with Crippen LogP contribution in [0.2, 0.25) is 10.0 Å². The predicted octanol–water partition coefficient (Wildman–Crippen LogP) is 5.38. The number of benzene rings is 3. The highest BCUT2D eigenvalue weighted by Gasteiger charge is 2.13. The molecule has 7 nitrogen and oxygen atoms in total. The van der Waals surface area contributed by atoms with E-state index in [0.29, 0.717) is 34.3 Å². The molecule has 1 amide bonds. The van der Waals surface area contributed by atoms with Crippen molar-refractivity contribution in [1.82, 2.24) is 5.43 Å². The number of carbonyl (C=O) groups is 2. The van der Waals surface area contributed by atoms with Crippen molar-refractivity contribution in [3.05, 3.63) is 87.4 Å². The fourth-order valence-electron chi connectivity index (χ4n) is 2.76. The lowest BCUT2D eigenvalue weighted by molar-refractivity contribution is 0.0729. The molecule has 0 aromatic heterocycles. The summed E-state index contributed by atoms with van der Waals surface area (Å²) >= 11 is 11.9. The van der Waals surface area contributed by atoms with Crippen molar-refractivity contribution in [2.75, 3.05) is 13.7 Å². The van der Waals surface area contributed by atoms with Crippen molar-refractivity contribution in [1.29, 1.82) is 0 Å². The van der Waals surface area contributed by atoms with E-state index in [4.69, 9.17) is 37.4 Å². The number of nitrogens with zero attached hydrogens (tertiary/aromatic N) is 1. The molecule has 9 heteroatoms. The molecule has 1 N–H and O–H groups in total. The van der Waals surface area contributed by atoms with Crippen LogP contribution in [0.4, 0.5) is 0 Å². The van der Waals surface area contributed by atoms with Crippen LogP contribution >= 0.6 is 23.2 Å². The Bertz CT molecular complexity index is 1180. The van der Waals surface area contributed by atoms with Crippen molar-refractivity contribution in [2.24, 2.45) is 5.10 Å². The topological polar surface area (TPSA) is 86.2 Å². The number of nitrogens with one attached hydrogen (secondary N) is 1. The Morgan fingerprint density at radius 3 is 2.42 bits per heavy atom. The first-order valence-electron chi connectivity index (χ1n) is 9.82. The van der Waals surface area contributed by atoms with Gasteiger partial charge < -0.3 is 14.2 Å². The van der Waals surface area contributed by atoms with Gasteiger partial charge in [-0.25, -0.2) is 10.2 Å². The van der Waals surface area contributed by atoms with Crippen molar-refractivity contribution in [3.63, 3.8) is 0 Å². The van der Waals surface area contributed by atoms with Crippen LogP contribution in [0.25, 0.3) is 0 Å². The third-order valence-corrected chi connectivity index (χ3v) is 4.89. The maximum Gasteiger partial charge on any atom is 0.343 e. The van der Waals surface area contributed by atoms with Gasteiger partial charge in [0.1, 0.15) is 5.75 Å². The number of halogens is 2. The number of ether oxygens (including phenoxy) is 3. The second-order valence-electron chi connectivity index (χ2n) is 6.58. The van der Waals surface area contributed by atoms with Crippen molar-refractivity contribution in [3.8, 4) is 17.2 Å². The van der Waals surface area contributed by atoms with Gasteiger partial charge in [-0.3, -0.25) is 4.79 Å². The summed E-state index contributed by atoms with van der Waals surface area (Å²) in [5.41, 5.74) is 3.61. The Hall–Kier alpha value is -3.55. The van der Waals surface area contributed by atoms with Crippen LogP contribution in [0.1, 0.15) is 33.2 Å². The van der Waals surface area contributed by atoms with E-state index in [1.165, 1.54) is 25.5 Å². The van der Waals surface area contributed by atoms with E-state index in [2.05, 4.69) is 10.5 Å². The summed E-state index contributed by atoms with van der Waals surface area (Å²) in [7, 11) is 1.45. The fraction of sp³-hybridized carbons (Fsp3) is 0.125. The van der Waals surface area contributed by atoms with Crippen LogP contribution in [0.3, 0.4) is 0 Å². The molecule has 3 aromatic rings. The number of amides is 1. The summed E-state index contributed by atoms with van der Waals surface area (Å²) in [6, 6.07) is 16.0. The molecule has 0 fully saturated rings. The zero-order valence-electron chi connectivity index (χ0n) is 17.8. The first kappa shape index (κ1) is 24.1. The van der Waals surface area contributed by atoms with Gasteiger partial charge in [0, 0.05) is 5.02 Å². The molecule has 0 radical (unpaired) electrons. The molecule has 0 saturated heterocycles. The van der Waals surface area contributed by atoms with Gasteiger partial charge in [0.05, 0.1) is 36.1 Å². The third-order valence-electron chi connectivity index (χ3n) is 4.35. The van der Waals surface area contributed by atoms with Gasteiger partial charge in [0.15, 0.2) is 11.5 Å². The van der Waals surface area contributed by atoms with Gasteiger partial charge in [-0.05, 0) is 73.2 Å². The lowest BCUT2D eigenvalue weighted by Gasteiger charge is -2.10. The normalized spacial score (nSPS) is 10.7. The van der Waals surface area contributed by atoms with E-state index in [9.17, 15) is 9.59 Å². The Labute approximate surface area is 200 Å². The summed E-state index contributed by atoms with van der Waals surface area (Å²) in [5.74, 6) is 0.210. The summed E-state index contributed by atoms with van der Waals surface area (Å²) in [5, 5.41) is 4.57. The third kappa shape index (κ3) is 6.47.